The molecule has 8 N–H and O–H groups in total. The Kier molecular flexibility index (Phi) is 9.94. The maximum absolute atomic E-state index is 7.89. The van der Waals surface area contributed by atoms with Crippen LogP contribution in [0.1, 0.15) is 49.9 Å². The minimum atomic E-state index is 0.615. The number of allylic oxidation sites excluding steroid dienone is 10. The fourth-order valence-corrected chi connectivity index (χ4v) is 4.54. The molecule has 6 nitrogen and oxygen atoms in total. The number of anilines is 2. The fourth-order valence-electron chi connectivity index (χ4n) is 4.54. The molecule has 4 rings (SSSR count). The summed E-state index contributed by atoms with van der Waals surface area (Å²) in [6.07, 6.45) is 8.20. The zero-order valence-corrected chi connectivity index (χ0v) is 23.7. The van der Waals surface area contributed by atoms with Gasteiger partial charge in [-0.25, -0.2) is 0 Å². The minimum Gasteiger partial charge on any atom is -0.398 e. The summed E-state index contributed by atoms with van der Waals surface area (Å²) in [4.78, 5) is 0. The summed E-state index contributed by atoms with van der Waals surface area (Å²) in [7, 11) is 0. The summed E-state index contributed by atoms with van der Waals surface area (Å²) in [6, 6.07) is 8.53. The van der Waals surface area contributed by atoms with Gasteiger partial charge in [-0.3, -0.25) is 10.5 Å². The predicted molar refractivity (Wildman–Crippen MR) is 162 cm³/mol. The average molecular weight is 513 g/mol. The van der Waals surface area contributed by atoms with E-state index >= 15 is 0 Å². The molecule has 0 saturated carbocycles. The normalized spacial score (nSPS) is 14.9. The lowest BCUT2D eigenvalue weighted by Gasteiger charge is -2.17. The van der Waals surface area contributed by atoms with Crippen LogP contribution in [0.4, 0.5) is 11.4 Å². The monoisotopic (exact) mass is 512 g/mol. The van der Waals surface area contributed by atoms with Crippen molar-refractivity contribution < 1.29 is 10.5 Å². The number of nitrogens with one attached hydrogen (secondary N) is 2. The van der Waals surface area contributed by atoms with E-state index in [0.717, 1.165) is 67.1 Å². The summed E-state index contributed by atoms with van der Waals surface area (Å²) in [5.41, 5.74) is 28.1. The molecule has 0 atom stereocenters. The number of benzene rings is 2. The molecule has 0 radical (unpaired) electrons. The number of nitrogens with two attached hydrogens (primary N) is 2. The first-order valence-electron chi connectivity index (χ1n) is 12.4. The first-order chi connectivity index (χ1) is 17.8. The lowest BCUT2D eigenvalue weighted by molar-refractivity contribution is -0.176. The lowest BCUT2D eigenvalue weighted by atomic mass is 9.88. The average Bonchev–Trinajstić information content (AvgIpc) is 2.88. The van der Waals surface area contributed by atoms with Crippen molar-refractivity contribution in [3.05, 3.63) is 104 Å². The number of aryl methyl sites for hydroxylation is 4. The van der Waals surface area contributed by atoms with Gasteiger partial charge < -0.3 is 22.3 Å². The highest BCUT2D eigenvalue weighted by atomic mass is 17.0. The standard InChI is InChI=1S/C16H20N2.C16H18N2.H2O2/c2*1-9-5-13(6-10(2)15(9)17)14-7-11(3)16(18)12(4)8-14;1-2/h5-8H,17-18H2,1-4H3;5-8,17-18H,1-4H3;1-2H. The minimum absolute atomic E-state index is 0.615. The van der Waals surface area contributed by atoms with Crippen LogP contribution in [0.5, 0.6) is 0 Å². The lowest BCUT2D eigenvalue weighted by Crippen LogP contribution is -2.09. The van der Waals surface area contributed by atoms with Crippen LogP contribution in [-0.4, -0.2) is 21.9 Å². The van der Waals surface area contributed by atoms with Gasteiger partial charge in [0.25, 0.3) is 0 Å². The zero-order valence-electron chi connectivity index (χ0n) is 23.7. The highest BCUT2D eigenvalue weighted by Gasteiger charge is 2.15. The van der Waals surface area contributed by atoms with Crippen LogP contribution < -0.4 is 11.5 Å². The number of hydrogen-bond donors (Lipinski definition) is 6. The molecule has 0 saturated heterocycles. The van der Waals surface area contributed by atoms with Crippen molar-refractivity contribution >= 4 is 22.8 Å². The summed E-state index contributed by atoms with van der Waals surface area (Å²) in [5.74, 6) is 0. The van der Waals surface area contributed by atoms with E-state index in [9.17, 15) is 0 Å². The van der Waals surface area contributed by atoms with E-state index < -0.39 is 0 Å². The maximum Gasteiger partial charge on any atom is 0.0598 e. The van der Waals surface area contributed by atoms with Gasteiger partial charge in [0.1, 0.15) is 0 Å². The summed E-state index contributed by atoms with van der Waals surface area (Å²) < 4.78 is 0. The molecule has 6 heteroatoms. The number of nitrogen functional groups attached to an aromatic ring is 2. The highest BCUT2D eigenvalue weighted by molar-refractivity contribution is 6.13. The number of rotatable bonds is 1. The molecule has 2 aromatic carbocycles. The largest absolute Gasteiger partial charge is 0.398 e. The molecule has 2 aromatic rings. The van der Waals surface area contributed by atoms with Gasteiger partial charge in [-0.15, -0.1) is 0 Å². The van der Waals surface area contributed by atoms with Crippen molar-refractivity contribution in [3.63, 3.8) is 0 Å². The first kappa shape index (κ1) is 30.2. The Morgan fingerprint density at radius 3 is 0.895 bits per heavy atom. The molecule has 0 bridgehead atoms. The fraction of sp³-hybridized carbons (Fsp3) is 0.250. The van der Waals surface area contributed by atoms with Crippen molar-refractivity contribution in [2.45, 2.75) is 55.4 Å². The van der Waals surface area contributed by atoms with E-state index in [1.165, 1.54) is 11.1 Å². The van der Waals surface area contributed by atoms with Crippen LogP contribution in [0, 0.1) is 38.5 Å². The third kappa shape index (κ3) is 6.65. The van der Waals surface area contributed by atoms with E-state index in [4.69, 9.17) is 32.8 Å². The van der Waals surface area contributed by atoms with Gasteiger partial charge in [0.05, 0.1) is 11.4 Å². The van der Waals surface area contributed by atoms with Crippen molar-refractivity contribution in [1.29, 1.82) is 10.8 Å². The first-order valence-corrected chi connectivity index (χ1v) is 12.4. The molecule has 0 amide bonds. The van der Waals surface area contributed by atoms with Crippen LogP contribution in [0.15, 0.2) is 82.0 Å². The second kappa shape index (κ2) is 12.5. The molecule has 2 aliphatic rings. The molecule has 0 heterocycles. The van der Waals surface area contributed by atoms with Gasteiger partial charge in [-0.2, -0.15) is 0 Å². The number of hydrogen-bond acceptors (Lipinski definition) is 6. The molecule has 0 aliphatic heterocycles. The molecule has 200 valence electrons. The van der Waals surface area contributed by atoms with Gasteiger partial charge in [-0.1, -0.05) is 0 Å². The Morgan fingerprint density at radius 1 is 0.474 bits per heavy atom. The van der Waals surface area contributed by atoms with Crippen LogP contribution in [-0.2, 0) is 0 Å². The summed E-state index contributed by atoms with van der Waals surface area (Å²) in [5, 5.41) is 27.8. The van der Waals surface area contributed by atoms with Gasteiger partial charge in [0.15, 0.2) is 0 Å². The molecule has 0 aromatic heterocycles. The molecular formula is C32H40N4O2. The Bertz CT molecular complexity index is 1250. The molecule has 2 aliphatic carbocycles. The van der Waals surface area contributed by atoms with Crippen molar-refractivity contribution in [2.75, 3.05) is 11.5 Å². The third-order valence-electron chi connectivity index (χ3n) is 6.92. The molecule has 0 spiro atoms. The van der Waals surface area contributed by atoms with E-state index in [1.807, 2.05) is 79.7 Å². The van der Waals surface area contributed by atoms with Gasteiger partial charge in [0.2, 0.25) is 0 Å². The highest BCUT2D eigenvalue weighted by Crippen LogP contribution is 2.30. The quantitative estimate of drug-likeness (QED) is 0.131. The van der Waals surface area contributed by atoms with Gasteiger partial charge in [-0.05, 0) is 171 Å². The summed E-state index contributed by atoms with van der Waals surface area (Å²) in [6.45, 7) is 16.1. The second-order valence-corrected chi connectivity index (χ2v) is 10.0. The molecule has 0 unspecified atom stereocenters. The van der Waals surface area contributed by atoms with Crippen LogP contribution in [0.25, 0.3) is 11.1 Å². The molecule has 0 fully saturated rings. The summed E-state index contributed by atoms with van der Waals surface area (Å²) >= 11 is 0. The Balaban J connectivity index is 0.000000251. The molecule has 38 heavy (non-hydrogen) atoms. The van der Waals surface area contributed by atoms with Crippen LogP contribution in [0.2, 0.25) is 0 Å². The SMILES string of the molecule is CC1=CC(=C2C=C(C)C(=N)C(C)=C2)C=C(C)C1=N.Cc1cc(-c2cc(C)c(N)c(C)c2)cc(C)c1N.OO. The van der Waals surface area contributed by atoms with Crippen LogP contribution >= 0.6 is 0 Å². The van der Waals surface area contributed by atoms with Crippen molar-refractivity contribution in [3.8, 4) is 11.1 Å². The topological polar surface area (TPSA) is 140 Å². The van der Waals surface area contributed by atoms with Gasteiger partial charge >= 0.3 is 0 Å². The second-order valence-electron chi connectivity index (χ2n) is 10.0. The van der Waals surface area contributed by atoms with E-state index in [0.29, 0.717) is 11.4 Å². The Labute approximate surface area is 226 Å². The van der Waals surface area contributed by atoms with Crippen LogP contribution in [0.3, 0.4) is 0 Å². The van der Waals surface area contributed by atoms with E-state index in [1.54, 1.807) is 0 Å². The smallest absolute Gasteiger partial charge is 0.0598 e. The van der Waals surface area contributed by atoms with E-state index in [-0.39, 0.29) is 0 Å². The predicted octanol–water partition coefficient (Wildman–Crippen LogP) is 7.90. The van der Waals surface area contributed by atoms with Crippen molar-refractivity contribution in [2.24, 2.45) is 0 Å². The zero-order chi connectivity index (χ0) is 28.9. The Hall–Kier alpha value is -4.00. The Morgan fingerprint density at radius 2 is 0.684 bits per heavy atom. The van der Waals surface area contributed by atoms with E-state index in [2.05, 4.69) is 24.3 Å². The third-order valence-corrected chi connectivity index (χ3v) is 6.92. The van der Waals surface area contributed by atoms with Crippen molar-refractivity contribution in [1.82, 2.24) is 0 Å². The maximum atomic E-state index is 7.89. The molecular weight excluding hydrogens is 472 g/mol. The van der Waals surface area contributed by atoms with Gasteiger partial charge in [0, 0.05) is 11.4 Å².